The van der Waals surface area contributed by atoms with Crippen molar-refractivity contribution in [1.82, 2.24) is 9.62 Å². The predicted octanol–water partition coefficient (Wildman–Crippen LogP) is 4.12. The zero-order chi connectivity index (χ0) is 20.2. The topological polar surface area (TPSA) is 66.5 Å². The number of carbonyl (C=O) groups is 1. The van der Waals surface area contributed by atoms with Crippen LogP contribution in [0.25, 0.3) is 0 Å². The van der Waals surface area contributed by atoms with Crippen LogP contribution in [0.15, 0.2) is 51.4 Å². The summed E-state index contributed by atoms with van der Waals surface area (Å²) in [5.41, 5.74) is 1.25. The highest BCUT2D eigenvalue weighted by Crippen LogP contribution is 2.27. The Hall–Kier alpha value is -1.44. The number of rotatable bonds is 6. The molecule has 0 radical (unpaired) electrons. The first kappa shape index (κ1) is 21.9. The van der Waals surface area contributed by atoms with Gasteiger partial charge in [0.25, 0.3) is 5.91 Å². The summed E-state index contributed by atoms with van der Waals surface area (Å²) in [7, 11) is -2.18. The Balaban J connectivity index is 2.24. The van der Waals surface area contributed by atoms with Crippen molar-refractivity contribution in [3.63, 3.8) is 0 Å². The van der Waals surface area contributed by atoms with Crippen LogP contribution in [0.4, 0.5) is 0 Å². The number of hydrogen-bond donors (Lipinski definition) is 1. The summed E-state index contributed by atoms with van der Waals surface area (Å²) < 4.78 is 27.8. The second-order valence-electron chi connectivity index (χ2n) is 7.91. The summed E-state index contributed by atoms with van der Waals surface area (Å²) >= 11 is 3.31. The quantitative estimate of drug-likeness (QED) is 0.702. The molecular weight excluding hydrogens is 428 g/mol. The van der Waals surface area contributed by atoms with Crippen LogP contribution >= 0.6 is 15.9 Å². The molecule has 0 atom stereocenters. The lowest BCUT2D eigenvalue weighted by Crippen LogP contribution is -2.33. The fourth-order valence-electron chi connectivity index (χ4n) is 2.58. The number of likely N-dealkylation sites (N-methyl/N-ethyl adjacent to an activating group) is 1. The Bertz CT molecular complexity index is 868. The van der Waals surface area contributed by atoms with E-state index in [4.69, 9.17) is 0 Å². The van der Waals surface area contributed by atoms with Gasteiger partial charge in [0.1, 0.15) is 0 Å². The molecule has 2 rings (SSSR count). The molecule has 1 aliphatic carbocycles. The van der Waals surface area contributed by atoms with Crippen LogP contribution in [0.5, 0.6) is 0 Å². The van der Waals surface area contributed by atoms with Gasteiger partial charge < -0.3 is 5.32 Å². The molecule has 1 aromatic rings. The molecule has 5 nitrogen and oxygen atoms in total. The van der Waals surface area contributed by atoms with E-state index < -0.39 is 10.0 Å². The van der Waals surface area contributed by atoms with Crippen molar-refractivity contribution < 1.29 is 13.2 Å². The molecule has 0 saturated heterocycles. The third kappa shape index (κ3) is 6.02. The third-order valence-electron chi connectivity index (χ3n) is 4.14. The van der Waals surface area contributed by atoms with E-state index in [9.17, 15) is 13.2 Å². The van der Waals surface area contributed by atoms with Gasteiger partial charge >= 0.3 is 0 Å². The van der Waals surface area contributed by atoms with Gasteiger partial charge in [-0.3, -0.25) is 4.79 Å². The number of amides is 1. The second kappa shape index (κ2) is 8.71. The molecule has 1 N–H and O–H groups in total. The number of halogens is 1. The lowest BCUT2D eigenvalue weighted by atomic mass is 9.97. The monoisotopic (exact) mass is 454 g/mol. The highest BCUT2D eigenvalue weighted by molar-refractivity contribution is 9.10. The summed E-state index contributed by atoms with van der Waals surface area (Å²) in [6.45, 7) is 6.87. The van der Waals surface area contributed by atoms with Crippen LogP contribution in [0, 0.1) is 5.41 Å². The molecule has 0 saturated carbocycles. The molecule has 0 aromatic heterocycles. The first-order valence-corrected chi connectivity index (χ1v) is 11.1. The maximum Gasteiger partial charge on any atom is 0.251 e. The number of benzene rings is 1. The Morgan fingerprint density at radius 2 is 1.96 bits per heavy atom. The Morgan fingerprint density at radius 3 is 2.56 bits per heavy atom. The van der Waals surface area contributed by atoms with E-state index in [2.05, 4.69) is 27.3 Å². The number of nitrogens with one attached hydrogen (secondary N) is 1. The molecule has 148 valence electrons. The lowest BCUT2D eigenvalue weighted by molar-refractivity contribution is 0.0939. The van der Waals surface area contributed by atoms with Crippen molar-refractivity contribution in [1.29, 1.82) is 0 Å². The van der Waals surface area contributed by atoms with E-state index in [0.717, 1.165) is 18.4 Å². The average molecular weight is 455 g/mol. The molecule has 0 bridgehead atoms. The van der Waals surface area contributed by atoms with Crippen molar-refractivity contribution in [3.05, 3.63) is 52.0 Å². The van der Waals surface area contributed by atoms with Gasteiger partial charge in [-0.15, -0.1) is 0 Å². The van der Waals surface area contributed by atoms with Gasteiger partial charge in [-0.2, -0.15) is 4.31 Å². The smallest absolute Gasteiger partial charge is 0.251 e. The third-order valence-corrected chi connectivity index (χ3v) is 6.94. The van der Waals surface area contributed by atoms with E-state index in [-0.39, 0.29) is 16.2 Å². The predicted molar refractivity (Wildman–Crippen MR) is 112 cm³/mol. The van der Waals surface area contributed by atoms with Gasteiger partial charge in [-0.25, -0.2) is 8.42 Å². The largest absolute Gasteiger partial charge is 0.352 e. The minimum Gasteiger partial charge on any atom is -0.352 e. The lowest BCUT2D eigenvalue weighted by Gasteiger charge is -2.21. The minimum absolute atomic E-state index is 0.0542. The summed E-state index contributed by atoms with van der Waals surface area (Å²) in [6, 6.07) is 4.65. The highest BCUT2D eigenvalue weighted by atomic mass is 79.9. The first-order chi connectivity index (χ1) is 12.5. The zero-order valence-corrected chi connectivity index (χ0v) is 18.7. The molecule has 1 amide bonds. The minimum atomic E-state index is -3.74. The van der Waals surface area contributed by atoms with E-state index in [0.29, 0.717) is 23.1 Å². The van der Waals surface area contributed by atoms with Crippen molar-refractivity contribution in [2.75, 3.05) is 20.1 Å². The number of hydrogen-bond acceptors (Lipinski definition) is 3. The van der Waals surface area contributed by atoms with Gasteiger partial charge in [0.15, 0.2) is 0 Å². The molecular formula is C20H27BrN2O3S. The second-order valence-corrected chi connectivity index (χ2v) is 10.8. The van der Waals surface area contributed by atoms with Gasteiger partial charge in [-0.1, -0.05) is 39.0 Å². The average Bonchev–Trinajstić information content (AvgIpc) is 2.60. The van der Waals surface area contributed by atoms with Gasteiger partial charge in [-0.05, 0) is 58.0 Å². The molecule has 0 unspecified atom stereocenters. The number of allylic oxidation sites excluding steroid dienone is 2. The molecule has 1 aliphatic rings. The van der Waals surface area contributed by atoms with Crippen molar-refractivity contribution in [2.24, 2.45) is 5.41 Å². The standard InChI is InChI=1S/C20H27BrN2O3S/c1-20(2,3)14-22-19(24)16-10-11-17(21)18(12-16)27(25,26)23(4)13-15-8-6-5-7-9-15/h6,8-12H,5,7,13-14H2,1-4H3,(H,22,24). The highest BCUT2D eigenvalue weighted by Gasteiger charge is 2.25. The van der Waals surface area contributed by atoms with Crippen LogP contribution in [0.2, 0.25) is 0 Å². The van der Waals surface area contributed by atoms with Crippen molar-refractivity contribution in [2.45, 2.75) is 38.5 Å². The van der Waals surface area contributed by atoms with E-state index in [1.165, 1.54) is 10.4 Å². The van der Waals surface area contributed by atoms with Crippen LogP contribution in [-0.2, 0) is 10.0 Å². The number of carbonyl (C=O) groups excluding carboxylic acids is 1. The van der Waals surface area contributed by atoms with E-state index in [1.807, 2.05) is 32.9 Å². The van der Waals surface area contributed by atoms with Gasteiger partial charge in [0.05, 0.1) is 4.90 Å². The van der Waals surface area contributed by atoms with Crippen LogP contribution < -0.4 is 5.32 Å². The maximum absolute atomic E-state index is 13.0. The van der Waals surface area contributed by atoms with E-state index in [1.54, 1.807) is 19.2 Å². The Morgan fingerprint density at radius 1 is 1.26 bits per heavy atom. The SMILES string of the molecule is CN(CC1=CCCC=C1)S(=O)(=O)c1cc(C(=O)NCC(C)(C)C)ccc1Br. The van der Waals surface area contributed by atoms with Crippen LogP contribution in [0.3, 0.4) is 0 Å². The first-order valence-electron chi connectivity index (χ1n) is 8.90. The normalized spacial score (nSPS) is 15.0. The Kier molecular flexibility index (Phi) is 7.05. The fourth-order valence-corrected chi connectivity index (χ4v) is 4.69. The van der Waals surface area contributed by atoms with Crippen LogP contribution in [-0.4, -0.2) is 38.8 Å². The molecule has 7 heteroatoms. The number of nitrogens with zero attached hydrogens (tertiary/aromatic N) is 1. The molecule has 1 aromatic carbocycles. The summed E-state index contributed by atoms with van der Waals surface area (Å²) in [5.74, 6) is -0.283. The summed E-state index contributed by atoms with van der Waals surface area (Å²) in [5, 5.41) is 2.85. The molecule has 0 aliphatic heterocycles. The van der Waals surface area contributed by atoms with Crippen molar-refractivity contribution in [3.8, 4) is 0 Å². The van der Waals surface area contributed by atoms with Gasteiger partial charge in [0.2, 0.25) is 10.0 Å². The van der Waals surface area contributed by atoms with Crippen molar-refractivity contribution >= 4 is 31.9 Å². The fraction of sp³-hybridized carbons (Fsp3) is 0.450. The molecule has 0 fully saturated rings. The van der Waals surface area contributed by atoms with E-state index >= 15 is 0 Å². The van der Waals surface area contributed by atoms with Crippen LogP contribution in [0.1, 0.15) is 44.0 Å². The van der Waals surface area contributed by atoms with Gasteiger partial charge in [0, 0.05) is 30.2 Å². The summed E-state index contributed by atoms with van der Waals surface area (Å²) in [6.07, 6.45) is 7.97. The summed E-state index contributed by atoms with van der Waals surface area (Å²) in [4.78, 5) is 12.5. The molecule has 0 heterocycles. The maximum atomic E-state index is 13.0. The molecule has 27 heavy (non-hydrogen) atoms. The zero-order valence-electron chi connectivity index (χ0n) is 16.3. The number of sulfonamides is 1. The Labute approximate surface area is 170 Å². The molecule has 0 spiro atoms.